The fraction of sp³-hybridized carbons (Fsp3) is 0.957. The Morgan fingerprint density at radius 2 is 1.26 bits per heavy atom. The van der Waals surface area contributed by atoms with Crippen molar-refractivity contribution < 1.29 is 14.6 Å². The minimum Gasteiger partial charge on any atom is -0.634 e. The van der Waals surface area contributed by atoms with E-state index in [1.54, 1.807) is 0 Å². The van der Waals surface area contributed by atoms with Gasteiger partial charge in [0.05, 0.1) is 11.1 Å². The molecule has 1 fully saturated rings. The highest BCUT2D eigenvalue weighted by molar-refractivity contribution is 5.69. The fourth-order valence-corrected chi connectivity index (χ4v) is 4.57. The number of hydrogen-bond donors (Lipinski definition) is 1. The summed E-state index contributed by atoms with van der Waals surface area (Å²) in [5.41, 5.74) is -0.799. The van der Waals surface area contributed by atoms with Crippen LogP contribution in [0.4, 0.5) is 0 Å². The zero-order valence-corrected chi connectivity index (χ0v) is 18.7. The van der Waals surface area contributed by atoms with Crippen LogP contribution in [0.15, 0.2) is 0 Å². The molecule has 1 heterocycles. The van der Waals surface area contributed by atoms with E-state index in [1.807, 2.05) is 27.7 Å². The summed E-state index contributed by atoms with van der Waals surface area (Å²) in [5.74, 6) is -0.0862. The Hall–Kier alpha value is -0.610. The second-order valence-corrected chi connectivity index (χ2v) is 9.90. The average Bonchev–Trinajstić information content (AvgIpc) is 2.57. The first kappa shape index (κ1) is 24.4. The molecule has 160 valence electrons. The lowest BCUT2D eigenvalue weighted by Crippen LogP contribution is -3.23. The first-order valence-corrected chi connectivity index (χ1v) is 11.4. The predicted molar refractivity (Wildman–Crippen MR) is 113 cm³/mol. The van der Waals surface area contributed by atoms with Crippen LogP contribution < -0.4 is 5.06 Å². The summed E-state index contributed by atoms with van der Waals surface area (Å²) in [7, 11) is 0. The van der Waals surface area contributed by atoms with Gasteiger partial charge in [-0.05, 0) is 34.1 Å². The number of esters is 1. The van der Waals surface area contributed by atoms with Gasteiger partial charge in [0.2, 0.25) is 0 Å². The first-order valence-electron chi connectivity index (χ1n) is 11.4. The smallest absolute Gasteiger partial charge is 0.306 e. The Balaban J connectivity index is 2.08. The van der Waals surface area contributed by atoms with Crippen LogP contribution in [0.25, 0.3) is 0 Å². The van der Waals surface area contributed by atoms with Gasteiger partial charge >= 0.3 is 5.97 Å². The number of rotatable bonds is 13. The van der Waals surface area contributed by atoms with E-state index in [-0.39, 0.29) is 17.1 Å². The molecule has 1 rings (SSSR count). The van der Waals surface area contributed by atoms with Gasteiger partial charge in [-0.3, -0.25) is 4.79 Å². The number of nitrogens with one attached hydrogen (secondary N) is 1. The molecule has 1 aliphatic heterocycles. The molecular formula is C23H45NO3. The second-order valence-electron chi connectivity index (χ2n) is 9.90. The molecule has 1 N–H and O–H groups in total. The average molecular weight is 384 g/mol. The summed E-state index contributed by atoms with van der Waals surface area (Å²) in [6, 6.07) is 0. The van der Waals surface area contributed by atoms with Gasteiger partial charge in [-0.15, -0.1) is 0 Å². The van der Waals surface area contributed by atoms with Crippen LogP contribution in [0.2, 0.25) is 0 Å². The highest BCUT2D eigenvalue weighted by Crippen LogP contribution is 2.26. The number of carbonyl (C=O) groups is 1. The summed E-state index contributed by atoms with van der Waals surface area (Å²) in [5, 5.41) is 12.7. The van der Waals surface area contributed by atoms with Gasteiger partial charge in [0, 0.05) is 19.3 Å². The molecule has 4 heteroatoms. The maximum absolute atomic E-state index is 12.4. The van der Waals surface area contributed by atoms with Crippen molar-refractivity contribution in [2.75, 3.05) is 0 Å². The van der Waals surface area contributed by atoms with Crippen LogP contribution in [0.5, 0.6) is 0 Å². The largest absolute Gasteiger partial charge is 0.634 e. The molecular weight excluding hydrogens is 338 g/mol. The number of hydrogen-bond acceptors (Lipinski definition) is 3. The van der Waals surface area contributed by atoms with Crippen molar-refractivity contribution in [1.29, 1.82) is 0 Å². The second kappa shape index (κ2) is 12.1. The van der Waals surface area contributed by atoms with Crippen molar-refractivity contribution >= 4 is 5.97 Å². The summed E-state index contributed by atoms with van der Waals surface area (Å²) in [4.78, 5) is 12.2. The molecule has 1 aliphatic rings. The van der Waals surface area contributed by atoms with Crippen molar-refractivity contribution in [2.45, 2.75) is 142 Å². The summed E-state index contributed by atoms with van der Waals surface area (Å²) in [6.45, 7) is 10.1. The van der Waals surface area contributed by atoms with Gasteiger partial charge in [0.1, 0.15) is 6.10 Å². The minimum atomic E-state index is -0.400. The highest BCUT2D eigenvalue weighted by Gasteiger charge is 2.46. The SMILES string of the molecule is CCCCCCCCCCCCCC(=O)OC1CC(C)(C)[NH+]([O-])C(C)(C)C1. The predicted octanol–water partition coefficient (Wildman–Crippen LogP) is 5.33. The lowest BCUT2D eigenvalue weighted by molar-refractivity contribution is -0.956. The van der Waals surface area contributed by atoms with Crippen molar-refractivity contribution in [2.24, 2.45) is 0 Å². The molecule has 0 amide bonds. The molecule has 0 radical (unpaired) electrons. The topological polar surface area (TPSA) is 53.8 Å². The molecule has 0 spiro atoms. The van der Waals surface area contributed by atoms with Crippen LogP contribution in [-0.2, 0) is 9.53 Å². The molecule has 0 aliphatic carbocycles. The van der Waals surface area contributed by atoms with Gasteiger partial charge in [0.15, 0.2) is 0 Å². The zero-order chi connectivity index (χ0) is 20.3. The highest BCUT2D eigenvalue weighted by atomic mass is 16.5. The van der Waals surface area contributed by atoms with Crippen molar-refractivity contribution in [1.82, 2.24) is 0 Å². The van der Waals surface area contributed by atoms with Gasteiger partial charge in [0.25, 0.3) is 0 Å². The molecule has 0 saturated carbocycles. The minimum absolute atomic E-state index is 0.0862. The van der Waals surface area contributed by atoms with Crippen LogP contribution in [-0.4, -0.2) is 23.2 Å². The fourth-order valence-electron chi connectivity index (χ4n) is 4.57. The lowest BCUT2D eigenvalue weighted by Gasteiger charge is -2.54. The Kier molecular flexibility index (Phi) is 10.9. The van der Waals surface area contributed by atoms with Crippen molar-refractivity contribution in [3.63, 3.8) is 0 Å². The molecule has 0 atom stereocenters. The van der Waals surface area contributed by atoms with E-state index in [0.29, 0.717) is 19.3 Å². The normalized spacial score (nSPS) is 23.9. The Bertz CT molecular complexity index is 402. The zero-order valence-electron chi connectivity index (χ0n) is 18.7. The molecule has 0 aromatic carbocycles. The number of unbranched alkanes of at least 4 members (excludes halogenated alkanes) is 10. The molecule has 0 bridgehead atoms. The quantitative estimate of drug-likeness (QED) is 0.265. The Labute approximate surface area is 168 Å². The van der Waals surface area contributed by atoms with Crippen LogP contribution in [0.1, 0.15) is 125 Å². The number of quaternary nitrogens is 1. The molecule has 1 saturated heterocycles. The van der Waals surface area contributed by atoms with E-state index in [1.165, 1.54) is 57.8 Å². The van der Waals surface area contributed by atoms with Crippen molar-refractivity contribution in [3.05, 3.63) is 5.21 Å². The van der Waals surface area contributed by atoms with Crippen molar-refractivity contribution in [3.8, 4) is 0 Å². The maximum Gasteiger partial charge on any atom is 0.306 e. The molecule has 0 aromatic heterocycles. The van der Waals surface area contributed by atoms with E-state index in [4.69, 9.17) is 4.74 Å². The number of carbonyl (C=O) groups excluding carboxylic acids is 1. The van der Waals surface area contributed by atoms with Crippen LogP contribution >= 0.6 is 0 Å². The van der Waals surface area contributed by atoms with Gasteiger partial charge < -0.3 is 15.0 Å². The monoisotopic (exact) mass is 383 g/mol. The third kappa shape index (κ3) is 9.43. The van der Waals surface area contributed by atoms with E-state index >= 15 is 0 Å². The Morgan fingerprint density at radius 3 is 1.70 bits per heavy atom. The molecule has 0 unspecified atom stereocenters. The molecule has 27 heavy (non-hydrogen) atoms. The molecule has 4 nitrogen and oxygen atoms in total. The van der Waals surface area contributed by atoms with E-state index < -0.39 is 11.1 Å². The third-order valence-corrected chi connectivity index (χ3v) is 5.99. The van der Waals surface area contributed by atoms with E-state index in [2.05, 4.69) is 6.92 Å². The number of hydroxylamine groups is 2. The van der Waals surface area contributed by atoms with Crippen LogP contribution in [0.3, 0.4) is 0 Å². The van der Waals surface area contributed by atoms with E-state index in [0.717, 1.165) is 12.8 Å². The Morgan fingerprint density at radius 1 is 0.852 bits per heavy atom. The van der Waals surface area contributed by atoms with Crippen LogP contribution in [0, 0.1) is 5.21 Å². The number of piperidine rings is 1. The summed E-state index contributed by atoms with van der Waals surface area (Å²) >= 11 is 0. The van der Waals surface area contributed by atoms with E-state index in [9.17, 15) is 10.0 Å². The van der Waals surface area contributed by atoms with Gasteiger partial charge in [-0.25, -0.2) is 0 Å². The first-order chi connectivity index (χ1) is 12.7. The lowest BCUT2D eigenvalue weighted by atomic mass is 9.80. The standard InChI is InChI=1S/C23H45NO3/c1-6-7-8-9-10-11-12-13-14-15-16-17-21(25)27-20-18-22(2,3)24(26)23(4,5)19-20/h20,24H,6-19H2,1-5H3. The van der Waals surface area contributed by atoms with Gasteiger partial charge in [-0.2, -0.15) is 0 Å². The summed E-state index contributed by atoms with van der Waals surface area (Å²) < 4.78 is 5.71. The van der Waals surface area contributed by atoms with Gasteiger partial charge in [-0.1, -0.05) is 71.1 Å². The summed E-state index contributed by atoms with van der Waals surface area (Å²) in [6.07, 6.45) is 15.8. The maximum atomic E-state index is 12.4. The third-order valence-electron chi connectivity index (χ3n) is 5.99. The molecule has 0 aromatic rings. The number of ether oxygens (including phenoxy) is 1.